The Hall–Kier alpha value is -2.01. The molecule has 2 rings (SSSR count). The van der Waals surface area contributed by atoms with Crippen molar-refractivity contribution in [1.29, 1.82) is 0 Å². The highest BCUT2D eigenvalue weighted by Gasteiger charge is 2.11. The fraction of sp³-hybridized carbons (Fsp3) is 0.200. The molecule has 0 saturated carbocycles. The molecule has 0 fully saturated rings. The van der Waals surface area contributed by atoms with Gasteiger partial charge in [-0.15, -0.1) is 11.8 Å². The number of nitrogens with one attached hydrogen (secondary N) is 1. The van der Waals surface area contributed by atoms with E-state index in [9.17, 15) is 10.1 Å². The fourth-order valence-electron chi connectivity index (χ4n) is 1.95. The molecule has 0 heterocycles. The number of rotatable bonds is 6. The lowest BCUT2D eigenvalue weighted by molar-refractivity contribution is -0.385. The molecule has 2 aromatic carbocycles. The number of thioether (sulfide) groups is 1. The van der Waals surface area contributed by atoms with Crippen molar-refractivity contribution in [3.05, 3.63) is 64.2 Å². The summed E-state index contributed by atoms with van der Waals surface area (Å²) in [5.74, 6) is 0. The summed E-state index contributed by atoms with van der Waals surface area (Å²) < 4.78 is 0. The van der Waals surface area contributed by atoms with E-state index in [4.69, 9.17) is 0 Å². The van der Waals surface area contributed by atoms with Gasteiger partial charge in [-0.25, -0.2) is 0 Å². The summed E-state index contributed by atoms with van der Waals surface area (Å²) in [6.45, 7) is 0.670. The van der Waals surface area contributed by atoms with Gasteiger partial charge >= 0.3 is 0 Å². The number of hydrogen-bond donors (Lipinski definition) is 1. The number of nitro groups is 1. The van der Waals surface area contributed by atoms with Crippen molar-refractivity contribution in [2.24, 2.45) is 0 Å². The predicted octanol–water partition coefficient (Wildman–Crippen LogP) is 3.97. The van der Waals surface area contributed by atoms with Crippen LogP contribution in [0.15, 0.2) is 53.4 Å². The third kappa shape index (κ3) is 3.74. The summed E-state index contributed by atoms with van der Waals surface area (Å²) in [4.78, 5) is 11.8. The molecule has 0 aliphatic carbocycles. The van der Waals surface area contributed by atoms with Crippen LogP contribution in [0.1, 0.15) is 5.56 Å². The van der Waals surface area contributed by atoms with Gasteiger partial charge in [-0.3, -0.25) is 10.1 Å². The van der Waals surface area contributed by atoms with E-state index in [1.165, 1.54) is 4.90 Å². The molecule has 0 atom stereocenters. The van der Waals surface area contributed by atoms with Crippen LogP contribution in [-0.2, 0) is 6.42 Å². The Morgan fingerprint density at radius 1 is 1.15 bits per heavy atom. The number of benzene rings is 2. The lowest BCUT2D eigenvalue weighted by Crippen LogP contribution is -2.06. The van der Waals surface area contributed by atoms with Gasteiger partial charge < -0.3 is 5.32 Å². The number of hydrogen-bond acceptors (Lipinski definition) is 4. The number of nitrogens with zero attached hydrogens (tertiary/aromatic N) is 1. The standard InChI is InChI=1S/C15H16N2O2S/c1-20-14-8-6-13(7-9-14)16-11-10-12-4-2-3-5-15(12)17(18)19/h2-9,16H,10-11H2,1H3. The number of para-hydroxylation sites is 1. The van der Waals surface area contributed by atoms with Gasteiger partial charge in [-0.2, -0.15) is 0 Å². The lowest BCUT2D eigenvalue weighted by atomic mass is 10.1. The van der Waals surface area contributed by atoms with Crippen LogP contribution in [0.3, 0.4) is 0 Å². The fourth-order valence-corrected chi connectivity index (χ4v) is 2.36. The zero-order valence-electron chi connectivity index (χ0n) is 11.2. The molecule has 1 N–H and O–H groups in total. The summed E-state index contributed by atoms with van der Waals surface area (Å²) in [6.07, 6.45) is 2.67. The molecular formula is C15H16N2O2S. The third-order valence-corrected chi connectivity index (χ3v) is 3.75. The monoisotopic (exact) mass is 288 g/mol. The van der Waals surface area contributed by atoms with Gasteiger partial charge in [0.25, 0.3) is 5.69 Å². The Morgan fingerprint density at radius 3 is 2.50 bits per heavy atom. The van der Waals surface area contributed by atoms with E-state index in [1.54, 1.807) is 30.0 Å². The van der Waals surface area contributed by atoms with Crippen LogP contribution >= 0.6 is 11.8 Å². The van der Waals surface area contributed by atoms with Gasteiger partial charge in [0.1, 0.15) is 0 Å². The van der Waals surface area contributed by atoms with E-state index < -0.39 is 0 Å². The van der Waals surface area contributed by atoms with Gasteiger partial charge in [-0.05, 0) is 36.9 Å². The molecule has 0 aliphatic heterocycles. The lowest BCUT2D eigenvalue weighted by Gasteiger charge is -2.07. The van der Waals surface area contributed by atoms with Gasteiger partial charge in [0.15, 0.2) is 0 Å². The van der Waals surface area contributed by atoms with Gasteiger partial charge in [0.05, 0.1) is 4.92 Å². The average Bonchev–Trinajstić information content (AvgIpc) is 2.48. The third-order valence-electron chi connectivity index (χ3n) is 3.00. The molecule has 2 aromatic rings. The van der Waals surface area contributed by atoms with Crippen molar-refractivity contribution in [2.45, 2.75) is 11.3 Å². The van der Waals surface area contributed by atoms with Gasteiger partial charge in [0, 0.05) is 28.8 Å². The molecule has 0 aromatic heterocycles. The molecule has 0 aliphatic rings. The Balaban J connectivity index is 1.94. The summed E-state index contributed by atoms with van der Waals surface area (Å²) in [5, 5.41) is 14.2. The smallest absolute Gasteiger partial charge is 0.272 e. The van der Waals surface area contributed by atoms with Crippen molar-refractivity contribution in [3.63, 3.8) is 0 Å². The van der Waals surface area contributed by atoms with Crippen LogP contribution in [0.25, 0.3) is 0 Å². The van der Waals surface area contributed by atoms with Crippen molar-refractivity contribution >= 4 is 23.1 Å². The SMILES string of the molecule is CSc1ccc(NCCc2ccccc2[N+](=O)[O-])cc1. The van der Waals surface area contributed by atoms with Crippen molar-refractivity contribution in [2.75, 3.05) is 18.1 Å². The summed E-state index contributed by atoms with van der Waals surface area (Å²) in [7, 11) is 0. The zero-order chi connectivity index (χ0) is 14.4. The second-order valence-corrected chi connectivity index (χ2v) is 5.17. The number of nitro benzene ring substituents is 1. The molecule has 0 radical (unpaired) electrons. The Kier molecular flexibility index (Phi) is 5.01. The normalized spacial score (nSPS) is 10.2. The summed E-state index contributed by atoms with van der Waals surface area (Å²) in [5.41, 5.74) is 1.97. The first-order valence-corrected chi connectivity index (χ1v) is 7.53. The van der Waals surface area contributed by atoms with E-state index in [0.717, 1.165) is 11.3 Å². The maximum Gasteiger partial charge on any atom is 0.272 e. The van der Waals surface area contributed by atoms with E-state index in [1.807, 2.05) is 24.5 Å². The van der Waals surface area contributed by atoms with Gasteiger partial charge in [0.2, 0.25) is 0 Å². The zero-order valence-corrected chi connectivity index (χ0v) is 12.0. The van der Waals surface area contributed by atoms with Crippen LogP contribution < -0.4 is 5.32 Å². The van der Waals surface area contributed by atoms with E-state index in [2.05, 4.69) is 17.4 Å². The highest BCUT2D eigenvalue weighted by atomic mass is 32.2. The summed E-state index contributed by atoms with van der Waals surface area (Å²) >= 11 is 1.70. The second-order valence-electron chi connectivity index (χ2n) is 4.29. The van der Waals surface area contributed by atoms with Crippen molar-refractivity contribution in [1.82, 2.24) is 0 Å². The van der Waals surface area contributed by atoms with E-state index in [0.29, 0.717) is 13.0 Å². The van der Waals surface area contributed by atoms with Crippen LogP contribution in [0.4, 0.5) is 11.4 Å². The molecule has 0 saturated heterocycles. The molecule has 0 amide bonds. The molecule has 0 spiro atoms. The average molecular weight is 288 g/mol. The quantitative estimate of drug-likeness (QED) is 0.496. The Labute approximate surface area is 122 Å². The first-order chi connectivity index (χ1) is 9.70. The molecule has 0 bridgehead atoms. The molecule has 4 nitrogen and oxygen atoms in total. The Bertz CT molecular complexity index is 585. The first-order valence-electron chi connectivity index (χ1n) is 6.31. The minimum Gasteiger partial charge on any atom is -0.385 e. The second kappa shape index (κ2) is 6.96. The molecule has 104 valence electrons. The number of anilines is 1. The van der Waals surface area contributed by atoms with Crippen LogP contribution in [0.5, 0.6) is 0 Å². The van der Waals surface area contributed by atoms with Crippen LogP contribution in [0.2, 0.25) is 0 Å². The first kappa shape index (κ1) is 14.4. The largest absolute Gasteiger partial charge is 0.385 e. The minimum atomic E-state index is -0.331. The maximum atomic E-state index is 10.9. The topological polar surface area (TPSA) is 55.2 Å². The highest BCUT2D eigenvalue weighted by molar-refractivity contribution is 7.98. The van der Waals surface area contributed by atoms with E-state index >= 15 is 0 Å². The molecule has 0 unspecified atom stereocenters. The molecular weight excluding hydrogens is 272 g/mol. The van der Waals surface area contributed by atoms with Crippen molar-refractivity contribution < 1.29 is 4.92 Å². The maximum absolute atomic E-state index is 10.9. The molecule has 5 heteroatoms. The van der Waals surface area contributed by atoms with Crippen LogP contribution in [-0.4, -0.2) is 17.7 Å². The minimum absolute atomic E-state index is 0.187. The summed E-state index contributed by atoms with van der Waals surface area (Å²) in [6, 6.07) is 15.0. The van der Waals surface area contributed by atoms with E-state index in [-0.39, 0.29) is 10.6 Å². The van der Waals surface area contributed by atoms with Crippen molar-refractivity contribution in [3.8, 4) is 0 Å². The highest BCUT2D eigenvalue weighted by Crippen LogP contribution is 2.19. The van der Waals surface area contributed by atoms with Crippen LogP contribution in [0, 0.1) is 10.1 Å². The molecule has 20 heavy (non-hydrogen) atoms. The Morgan fingerprint density at radius 2 is 1.85 bits per heavy atom. The van der Waals surface area contributed by atoms with Gasteiger partial charge in [-0.1, -0.05) is 18.2 Å². The predicted molar refractivity (Wildman–Crippen MR) is 83.5 cm³/mol.